The van der Waals surface area contributed by atoms with Crippen molar-refractivity contribution >= 4 is 57.9 Å². The molecular formula is C24H27Cl2FN6O3. The summed E-state index contributed by atoms with van der Waals surface area (Å²) in [5.74, 6) is -0.0229. The van der Waals surface area contributed by atoms with Crippen LogP contribution in [-0.4, -0.2) is 51.9 Å². The number of benzene rings is 1. The van der Waals surface area contributed by atoms with E-state index in [2.05, 4.69) is 20.6 Å². The van der Waals surface area contributed by atoms with Crippen LogP contribution in [-0.2, 0) is 14.3 Å². The van der Waals surface area contributed by atoms with Crippen LogP contribution in [0.3, 0.4) is 0 Å². The zero-order valence-corrected chi connectivity index (χ0v) is 21.3. The molecule has 3 heterocycles. The third-order valence-corrected chi connectivity index (χ3v) is 7.34. The molecule has 36 heavy (non-hydrogen) atoms. The normalized spacial score (nSPS) is 20.9. The van der Waals surface area contributed by atoms with E-state index in [-0.39, 0.29) is 39.7 Å². The van der Waals surface area contributed by atoms with Crippen molar-refractivity contribution in [1.82, 2.24) is 19.5 Å². The molecule has 2 fully saturated rings. The lowest BCUT2D eigenvalue weighted by molar-refractivity contribution is -0.146. The molecule has 1 saturated heterocycles. The standard InChI is InChI=1S/C24H27Cl2FN6O3/c1-35-22(34)13-2-4-16(5-3-13)33-21-19(12-28-23(32-21)29-15-6-8-36-9-7-15)30-24(33)31-20-17(26)10-14(25)11-18(20)27/h10-13,15-16H,2-9H2,1H3,(H,30,31)(H,28,29,32)/t13-,16-. The van der Waals surface area contributed by atoms with Crippen LogP contribution in [0.25, 0.3) is 11.2 Å². The number of anilines is 3. The Kier molecular flexibility index (Phi) is 7.45. The average molecular weight is 537 g/mol. The topological polar surface area (TPSA) is 103 Å². The van der Waals surface area contributed by atoms with Crippen molar-refractivity contribution in [2.75, 3.05) is 31.0 Å². The summed E-state index contributed by atoms with van der Waals surface area (Å²) < 4.78 is 27.1. The van der Waals surface area contributed by atoms with E-state index >= 15 is 0 Å². The van der Waals surface area contributed by atoms with E-state index in [0.717, 1.165) is 12.8 Å². The summed E-state index contributed by atoms with van der Waals surface area (Å²) in [6, 6.07) is 2.87. The Morgan fingerprint density at radius 3 is 2.58 bits per heavy atom. The van der Waals surface area contributed by atoms with Gasteiger partial charge in [-0.25, -0.2) is 14.4 Å². The summed E-state index contributed by atoms with van der Waals surface area (Å²) in [4.78, 5) is 26.0. The number of esters is 1. The smallest absolute Gasteiger partial charge is 0.308 e. The van der Waals surface area contributed by atoms with Crippen LogP contribution in [0.1, 0.15) is 44.6 Å². The predicted molar refractivity (Wildman–Crippen MR) is 136 cm³/mol. The van der Waals surface area contributed by atoms with Gasteiger partial charge in [-0.1, -0.05) is 23.2 Å². The minimum atomic E-state index is -0.589. The monoisotopic (exact) mass is 536 g/mol. The van der Waals surface area contributed by atoms with E-state index in [1.165, 1.54) is 19.2 Å². The first kappa shape index (κ1) is 25.0. The molecule has 1 aromatic carbocycles. The summed E-state index contributed by atoms with van der Waals surface area (Å²) in [7, 11) is 1.41. The van der Waals surface area contributed by atoms with Crippen LogP contribution in [0.4, 0.5) is 22.0 Å². The van der Waals surface area contributed by atoms with Crippen LogP contribution >= 0.6 is 23.2 Å². The number of methoxy groups -OCH3 is 1. The van der Waals surface area contributed by atoms with Gasteiger partial charge >= 0.3 is 5.97 Å². The molecule has 2 aliphatic rings. The number of nitrogens with zero attached hydrogens (tertiary/aromatic N) is 4. The maximum Gasteiger partial charge on any atom is 0.308 e. The number of hydrogen-bond acceptors (Lipinski definition) is 8. The minimum Gasteiger partial charge on any atom is -0.469 e. The number of rotatable bonds is 6. The molecule has 0 amide bonds. The molecule has 0 bridgehead atoms. The highest BCUT2D eigenvalue weighted by Crippen LogP contribution is 2.39. The van der Waals surface area contributed by atoms with Crippen LogP contribution < -0.4 is 10.6 Å². The number of carbonyl (C=O) groups excluding carboxylic acids is 1. The van der Waals surface area contributed by atoms with Crippen molar-refractivity contribution in [3.63, 3.8) is 0 Å². The average Bonchev–Trinajstić information content (AvgIpc) is 3.23. The SMILES string of the molecule is COC(=O)[C@H]1CC[C@H](n2c(Nc3c(F)cc(Cl)cc3Cl)nc3cnc(NC4CCOCC4)nc32)CC1. The van der Waals surface area contributed by atoms with Gasteiger partial charge in [0.1, 0.15) is 11.3 Å². The largest absolute Gasteiger partial charge is 0.469 e. The number of halogens is 3. The molecule has 3 aromatic rings. The van der Waals surface area contributed by atoms with E-state index in [9.17, 15) is 9.18 Å². The zero-order valence-electron chi connectivity index (χ0n) is 19.8. The lowest BCUT2D eigenvalue weighted by atomic mass is 9.86. The fourth-order valence-corrected chi connectivity index (χ4v) is 5.44. The first-order valence-corrected chi connectivity index (χ1v) is 12.8. The lowest BCUT2D eigenvalue weighted by Crippen LogP contribution is -2.28. The molecule has 1 saturated carbocycles. The molecular weight excluding hydrogens is 510 g/mol. The van der Waals surface area contributed by atoms with Gasteiger partial charge in [0, 0.05) is 30.3 Å². The van der Waals surface area contributed by atoms with Crippen LogP contribution in [0, 0.1) is 11.7 Å². The maximum atomic E-state index is 14.8. The highest BCUT2D eigenvalue weighted by Gasteiger charge is 2.31. The Morgan fingerprint density at radius 2 is 1.89 bits per heavy atom. The van der Waals surface area contributed by atoms with Crippen LogP contribution in [0.15, 0.2) is 18.3 Å². The van der Waals surface area contributed by atoms with Gasteiger partial charge in [-0.2, -0.15) is 4.98 Å². The molecule has 12 heteroatoms. The van der Waals surface area contributed by atoms with Gasteiger partial charge in [-0.05, 0) is 50.7 Å². The molecule has 0 unspecified atom stereocenters. The van der Waals surface area contributed by atoms with E-state index < -0.39 is 5.82 Å². The second kappa shape index (κ2) is 10.7. The summed E-state index contributed by atoms with van der Waals surface area (Å²) in [6.45, 7) is 1.39. The van der Waals surface area contributed by atoms with Gasteiger partial charge in [0.05, 0.1) is 29.9 Å². The van der Waals surface area contributed by atoms with Crippen molar-refractivity contribution in [2.45, 2.75) is 50.6 Å². The minimum absolute atomic E-state index is 0.0154. The molecule has 0 radical (unpaired) electrons. The summed E-state index contributed by atoms with van der Waals surface area (Å²) in [6.07, 6.45) is 6.17. The van der Waals surface area contributed by atoms with Gasteiger partial charge in [0.2, 0.25) is 11.9 Å². The Balaban J connectivity index is 1.51. The number of aromatic nitrogens is 4. The third kappa shape index (κ3) is 5.21. The molecule has 9 nitrogen and oxygen atoms in total. The fraction of sp³-hybridized carbons (Fsp3) is 0.500. The molecule has 0 spiro atoms. The maximum absolute atomic E-state index is 14.8. The molecule has 5 rings (SSSR count). The summed E-state index contributed by atoms with van der Waals surface area (Å²) in [5.41, 5.74) is 1.26. The zero-order chi connectivity index (χ0) is 25.2. The van der Waals surface area contributed by atoms with Crippen molar-refractivity contribution < 1.29 is 18.7 Å². The number of carbonyl (C=O) groups is 1. The Morgan fingerprint density at radius 1 is 1.14 bits per heavy atom. The van der Waals surface area contributed by atoms with E-state index in [1.807, 2.05) is 4.57 Å². The fourth-order valence-electron chi connectivity index (χ4n) is 4.93. The van der Waals surface area contributed by atoms with Crippen molar-refractivity contribution in [3.8, 4) is 0 Å². The van der Waals surface area contributed by atoms with Crippen LogP contribution in [0.5, 0.6) is 0 Å². The third-order valence-electron chi connectivity index (χ3n) is 6.83. The van der Waals surface area contributed by atoms with E-state index in [1.54, 1.807) is 6.20 Å². The second-order valence-electron chi connectivity index (χ2n) is 9.14. The first-order chi connectivity index (χ1) is 17.4. The molecule has 0 atom stereocenters. The molecule has 2 N–H and O–H groups in total. The Bertz CT molecular complexity index is 1240. The van der Waals surface area contributed by atoms with E-state index in [4.69, 9.17) is 37.7 Å². The van der Waals surface area contributed by atoms with E-state index in [0.29, 0.717) is 62.0 Å². The lowest BCUT2D eigenvalue weighted by Gasteiger charge is -2.29. The Hall–Kier alpha value is -2.69. The highest BCUT2D eigenvalue weighted by atomic mass is 35.5. The van der Waals surface area contributed by atoms with Crippen molar-refractivity contribution in [2.24, 2.45) is 5.92 Å². The Labute approximate surface area is 217 Å². The number of nitrogens with one attached hydrogen (secondary N) is 2. The predicted octanol–water partition coefficient (Wildman–Crippen LogP) is 5.51. The van der Waals surface area contributed by atoms with Gasteiger partial charge in [0.25, 0.3) is 0 Å². The number of fused-ring (bicyclic) bond motifs is 1. The van der Waals surface area contributed by atoms with Gasteiger partial charge in [-0.15, -0.1) is 0 Å². The molecule has 1 aliphatic carbocycles. The number of ether oxygens (including phenoxy) is 2. The number of imidazole rings is 1. The van der Waals surface area contributed by atoms with Crippen LogP contribution in [0.2, 0.25) is 10.0 Å². The molecule has 2 aromatic heterocycles. The summed E-state index contributed by atoms with van der Waals surface area (Å²) >= 11 is 12.2. The van der Waals surface area contributed by atoms with Crippen molar-refractivity contribution in [3.05, 3.63) is 34.2 Å². The molecule has 1 aliphatic heterocycles. The van der Waals surface area contributed by atoms with Gasteiger partial charge in [-0.3, -0.25) is 9.36 Å². The highest BCUT2D eigenvalue weighted by molar-refractivity contribution is 6.36. The van der Waals surface area contributed by atoms with Crippen molar-refractivity contribution in [1.29, 1.82) is 0 Å². The quantitative estimate of drug-likeness (QED) is 0.397. The molecule has 192 valence electrons. The summed E-state index contributed by atoms with van der Waals surface area (Å²) in [5, 5.41) is 6.80. The second-order valence-corrected chi connectivity index (χ2v) is 9.98. The van der Waals surface area contributed by atoms with Gasteiger partial charge < -0.3 is 20.1 Å². The first-order valence-electron chi connectivity index (χ1n) is 12.0. The number of hydrogen-bond donors (Lipinski definition) is 2. The van der Waals surface area contributed by atoms with Gasteiger partial charge in [0.15, 0.2) is 5.65 Å².